The van der Waals surface area contributed by atoms with Gasteiger partial charge in [-0.25, -0.2) is 9.52 Å². The minimum Gasteiger partial charge on any atom is -0.480 e. The lowest BCUT2D eigenvalue weighted by molar-refractivity contribution is -0.137. The molecule has 2 N–H and O–H groups in total. The summed E-state index contributed by atoms with van der Waals surface area (Å²) in [6, 6.07) is -0.386. The summed E-state index contributed by atoms with van der Waals surface area (Å²) >= 11 is 0. The van der Waals surface area contributed by atoms with E-state index in [-0.39, 0.29) is 12.6 Å². The van der Waals surface area contributed by atoms with Crippen LogP contribution in [0.4, 0.5) is 4.79 Å². The number of ether oxygens (including phenoxy) is 1. The predicted molar refractivity (Wildman–Crippen MR) is 65.7 cm³/mol. The third-order valence-electron chi connectivity index (χ3n) is 2.82. The molecule has 0 atom stereocenters. The van der Waals surface area contributed by atoms with Crippen molar-refractivity contribution in [3.05, 3.63) is 0 Å². The van der Waals surface area contributed by atoms with Gasteiger partial charge in [-0.05, 0) is 19.8 Å². The molecule has 1 saturated carbocycles. The van der Waals surface area contributed by atoms with E-state index in [1.54, 1.807) is 4.72 Å². The highest BCUT2D eigenvalue weighted by molar-refractivity contribution is 7.87. The lowest BCUT2D eigenvalue weighted by Gasteiger charge is -2.25. The maximum atomic E-state index is 12.0. The zero-order valence-corrected chi connectivity index (χ0v) is 11.5. The molecule has 0 aromatic rings. The number of carbonyl (C=O) groups excluding carboxylic acids is 1. The maximum absolute atomic E-state index is 12.0. The van der Waals surface area contributed by atoms with E-state index in [1.165, 1.54) is 6.92 Å². The first kappa shape index (κ1) is 15.7. The smallest absolute Gasteiger partial charge is 0.421 e. The van der Waals surface area contributed by atoms with Crippen LogP contribution in [0.5, 0.6) is 0 Å². The minimum absolute atomic E-state index is 0.0315. The summed E-state index contributed by atoms with van der Waals surface area (Å²) in [6.07, 6.45) is 1.77. The molecule has 0 heterocycles. The molecule has 1 aliphatic rings. The lowest BCUT2D eigenvalue weighted by atomic mass is 10.2. The van der Waals surface area contributed by atoms with Crippen molar-refractivity contribution in [1.29, 1.82) is 0 Å². The minimum atomic E-state index is -4.19. The van der Waals surface area contributed by atoms with E-state index in [9.17, 15) is 18.0 Å². The Hall–Kier alpha value is -1.35. The van der Waals surface area contributed by atoms with E-state index in [2.05, 4.69) is 4.74 Å². The van der Waals surface area contributed by atoms with Crippen molar-refractivity contribution in [3.8, 4) is 0 Å². The van der Waals surface area contributed by atoms with Gasteiger partial charge in [-0.1, -0.05) is 12.8 Å². The molecule has 0 saturated heterocycles. The molecule has 9 heteroatoms. The Morgan fingerprint density at radius 1 is 1.37 bits per heavy atom. The highest BCUT2D eigenvalue weighted by Gasteiger charge is 2.34. The van der Waals surface area contributed by atoms with Gasteiger partial charge in [0.25, 0.3) is 0 Å². The van der Waals surface area contributed by atoms with E-state index >= 15 is 0 Å². The molecule has 8 nitrogen and oxygen atoms in total. The van der Waals surface area contributed by atoms with Crippen LogP contribution in [-0.2, 0) is 19.7 Å². The first-order valence-corrected chi connectivity index (χ1v) is 7.49. The van der Waals surface area contributed by atoms with Crippen LogP contribution in [-0.4, -0.2) is 49.1 Å². The van der Waals surface area contributed by atoms with Crippen molar-refractivity contribution in [2.45, 2.75) is 38.6 Å². The van der Waals surface area contributed by atoms with Gasteiger partial charge in [-0.15, -0.1) is 0 Å². The van der Waals surface area contributed by atoms with Gasteiger partial charge in [0.2, 0.25) is 0 Å². The second-order valence-electron chi connectivity index (χ2n) is 4.20. The maximum Gasteiger partial charge on any atom is 0.421 e. The lowest BCUT2D eigenvalue weighted by Crippen LogP contribution is -2.49. The van der Waals surface area contributed by atoms with Crippen molar-refractivity contribution in [2.24, 2.45) is 0 Å². The second-order valence-corrected chi connectivity index (χ2v) is 5.83. The topological polar surface area (TPSA) is 113 Å². The summed E-state index contributed by atoms with van der Waals surface area (Å²) in [5.74, 6) is -1.26. The van der Waals surface area contributed by atoms with Gasteiger partial charge < -0.3 is 9.84 Å². The van der Waals surface area contributed by atoms with Crippen molar-refractivity contribution < 1.29 is 27.9 Å². The Kier molecular flexibility index (Phi) is 5.55. The summed E-state index contributed by atoms with van der Waals surface area (Å²) in [4.78, 5) is 22.0. The number of nitrogens with zero attached hydrogens (tertiary/aromatic N) is 1. The van der Waals surface area contributed by atoms with Crippen LogP contribution in [0.25, 0.3) is 0 Å². The van der Waals surface area contributed by atoms with Gasteiger partial charge in [0, 0.05) is 6.04 Å². The first-order valence-electron chi connectivity index (χ1n) is 6.05. The summed E-state index contributed by atoms with van der Waals surface area (Å²) < 4.78 is 31.0. The van der Waals surface area contributed by atoms with E-state index in [0.29, 0.717) is 12.8 Å². The molecule has 1 amide bonds. The quantitative estimate of drug-likeness (QED) is 0.728. The van der Waals surface area contributed by atoms with Crippen LogP contribution in [0.1, 0.15) is 32.6 Å². The van der Waals surface area contributed by atoms with Crippen LogP contribution in [0, 0.1) is 0 Å². The Morgan fingerprint density at radius 2 is 1.95 bits per heavy atom. The number of carbonyl (C=O) groups is 2. The fraction of sp³-hybridized carbons (Fsp3) is 0.800. The zero-order chi connectivity index (χ0) is 14.5. The van der Waals surface area contributed by atoms with Crippen LogP contribution in [0.15, 0.2) is 0 Å². The molecular formula is C10H18N2O6S. The normalized spacial score (nSPS) is 16.5. The summed E-state index contributed by atoms with van der Waals surface area (Å²) in [7, 11) is -4.19. The monoisotopic (exact) mass is 294 g/mol. The fourth-order valence-electron chi connectivity index (χ4n) is 2.06. The average Bonchev–Trinajstić information content (AvgIpc) is 2.77. The molecule has 0 unspecified atom stereocenters. The van der Waals surface area contributed by atoms with E-state index in [1.807, 2.05) is 0 Å². The van der Waals surface area contributed by atoms with E-state index in [0.717, 1.165) is 17.1 Å². The van der Waals surface area contributed by atoms with Crippen LogP contribution in [0.2, 0.25) is 0 Å². The third kappa shape index (κ3) is 4.67. The molecule has 110 valence electrons. The summed E-state index contributed by atoms with van der Waals surface area (Å²) in [5.41, 5.74) is 0. The number of nitrogens with one attached hydrogen (secondary N) is 1. The van der Waals surface area contributed by atoms with Gasteiger partial charge in [0.15, 0.2) is 0 Å². The first-order chi connectivity index (χ1) is 8.86. The average molecular weight is 294 g/mol. The molecule has 0 bridgehead atoms. The van der Waals surface area contributed by atoms with Crippen molar-refractivity contribution in [2.75, 3.05) is 13.2 Å². The Morgan fingerprint density at radius 3 is 2.42 bits per heavy atom. The standard InChI is InChI=1S/C10H18N2O6S/c1-2-18-10(15)11-19(16,17)12(7-9(13)14)8-5-3-4-6-8/h8H,2-7H2,1H3,(H,11,15)(H,13,14). The molecular weight excluding hydrogens is 276 g/mol. The van der Waals surface area contributed by atoms with Gasteiger partial charge in [-0.3, -0.25) is 4.79 Å². The molecule has 1 aliphatic carbocycles. The molecule has 1 fully saturated rings. The molecule has 19 heavy (non-hydrogen) atoms. The molecule has 1 rings (SSSR count). The van der Waals surface area contributed by atoms with Gasteiger partial charge in [0.05, 0.1) is 6.61 Å². The van der Waals surface area contributed by atoms with Crippen LogP contribution >= 0.6 is 0 Å². The number of carboxylic acids is 1. The third-order valence-corrected chi connectivity index (χ3v) is 4.29. The number of amides is 1. The van der Waals surface area contributed by atoms with Crippen molar-refractivity contribution in [3.63, 3.8) is 0 Å². The number of hydrogen-bond donors (Lipinski definition) is 2. The number of carboxylic acid groups (broad SMARTS) is 1. The van der Waals surface area contributed by atoms with E-state index < -0.39 is 28.8 Å². The summed E-state index contributed by atoms with van der Waals surface area (Å²) in [6.45, 7) is 0.904. The van der Waals surface area contributed by atoms with Gasteiger partial charge in [-0.2, -0.15) is 12.7 Å². The number of hydrogen-bond acceptors (Lipinski definition) is 5. The zero-order valence-electron chi connectivity index (χ0n) is 10.7. The Bertz CT molecular complexity index is 429. The van der Waals surface area contributed by atoms with Gasteiger partial charge in [0.1, 0.15) is 6.54 Å². The van der Waals surface area contributed by atoms with Gasteiger partial charge >= 0.3 is 22.3 Å². The van der Waals surface area contributed by atoms with Crippen molar-refractivity contribution in [1.82, 2.24) is 9.03 Å². The Labute approximate surface area is 111 Å². The SMILES string of the molecule is CCOC(=O)NS(=O)(=O)N(CC(=O)O)C1CCCC1. The summed E-state index contributed by atoms with van der Waals surface area (Å²) in [5, 5.41) is 8.79. The molecule has 0 spiro atoms. The van der Waals surface area contributed by atoms with E-state index in [4.69, 9.17) is 5.11 Å². The van der Waals surface area contributed by atoms with Crippen LogP contribution in [0.3, 0.4) is 0 Å². The Balaban J connectivity index is 2.82. The molecule has 0 aliphatic heterocycles. The largest absolute Gasteiger partial charge is 0.480 e. The fourth-order valence-corrected chi connectivity index (χ4v) is 3.33. The second kappa shape index (κ2) is 6.71. The number of rotatable bonds is 6. The predicted octanol–water partition coefficient (Wildman–Crippen LogP) is 0.306. The van der Waals surface area contributed by atoms with Crippen LogP contribution < -0.4 is 4.72 Å². The molecule has 0 radical (unpaired) electrons. The highest BCUT2D eigenvalue weighted by atomic mass is 32.2. The van der Waals surface area contributed by atoms with Crippen molar-refractivity contribution >= 4 is 22.3 Å². The molecule has 0 aromatic heterocycles. The number of aliphatic carboxylic acids is 1. The highest BCUT2D eigenvalue weighted by Crippen LogP contribution is 2.25. The molecule has 0 aromatic carbocycles.